The molecule has 2 rings (SSSR count). The highest BCUT2D eigenvalue weighted by molar-refractivity contribution is 14.1. The fraction of sp³-hybridized carbons (Fsp3) is 0.133. The van der Waals surface area contributed by atoms with Gasteiger partial charge in [0.1, 0.15) is 5.82 Å². The summed E-state index contributed by atoms with van der Waals surface area (Å²) in [5.74, 6) is -0.517. The largest absolute Gasteiger partial charge is 0.388 e. The lowest BCUT2D eigenvalue weighted by molar-refractivity contribution is 0.102. The summed E-state index contributed by atoms with van der Waals surface area (Å²) in [5.41, 5.74) is 3.04. The highest BCUT2D eigenvalue weighted by Gasteiger charge is 2.11. The predicted octanol–water partition coefficient (Wildman–Crippen LogP) is 4.03. The van der Waals surface area contributed by atoms with E-state index >= 15 is 0 Å². The lowest BCUT2D eigenvalue weighted by Crippen LogP contribution is -2.14. The zero-order valence-electron chi connectivity index (χ0n) is 11.1. The Labute approximate surface area is 130 Å². The predicted molar refractivity (Wildman–Crippen MR) is 87.8 cm³/mol. The van der Waals surface area contributed by atoms with Gasteiger partial charge in [0.15, 0.2) is 0 Å². The molecule has 104 valence electrons. The van der Waals surface area contributed by atoms with Crippen LogP contribution >= 0.6 is 22.6 Å². The van der Waals surface area contributed by atoms with Crippen LogP contribution in [0.4, 0.5) is 15.8 Å². The maximum absolute atomic E-state index is 13.0. The fourth-order valence-corrected chi connectivity index (χ4v) is 2.47. The summed E-state index contributed by atoms with van der Waals surface area (Å²) in [4.78, 5) is 12.2. The van der Waals surface area contributed by atoms with Gasteiger partial charge in [0.25, 0.3) is 5.91 Å². The van der Waals surface area contributed by atoms with E-state index in [1.165, 1.54) is 12.1 Å². The van der Waals surface area contributed by atoms with Crippen LogP contribution in [0.3, 0.4) is 0 Å². The normalized spacial score (nSPS) is 10.2. The minimum absolute atomic E-state index is 0.199. The lowest BCUT2D eigenvalue weighted by Gasteiger charge is -2.10. The Hall–Kier alpha value is -1.63. The molecule has 1 amide bonds. The van der Waals surface area contributed by atoms with Crippen LogP contribution in [0.15, 0.2) is 36.4 Å². The van der Waals surface area contributed by atoms with Gasteiger partial charge in [-0.2, -0.15) is 0 Å². The number of nitrogens with one attached hydrogen (secondary N) is 2. The number of amides is 1. The second-order valence-corrected chi connectivity index (χ2v) is 5.52. The number of hydrogen-bond acceptors (Lipinski definition) is 2. The van der Waals surface area contributed by atoms with E-state index in [-0.39, 0.29) is 11.7 Å². The van der Waals surface area contributed by atoms with E-state index in [1.807, 2.05) is 48.7 Å². The van der Waals surface area contributed by atoms with Crippen LogP contribution in [-0.4, -0.2) is 13.0 Å². The number of aryl methyl sites for hydroxylation is 1. The molecule has 0 bridgehead atoms. The summed E-state index contributed by atoms with van der Waals surface area (Å²) in [6.45, 7) is 1.88. The van der Waals surface area contributed by atoms with Crippen molar-refractivity contribution in [1.29, 1.82) is 0 Å². The third-order valence-electron chi connectivity index (χ3n) is 2.94. The molecule has 0 atom stereocenters. The molecule has 3 nitrogen and oxygen atoms in total. The number of halogens is 2. The zero-order chi connectivity index (χ0) is 14.7. The maximum Gasteiger partial charge on any atom is 0.255 e. The molecule has 0 radical (unpaired) electrons. The van der Waals surface area contributed by atoms with Gasteiger partial charge in [0.2, 0.25) is 0 Å². The molecular weight excluding hydrogens is 370 g/mol. The van der Waals surface area contributed by atoms with Crippen molar-refractivity contribution in [3.05, 3.63) is 56.9 Å². The molecule has 0 unspecified atom stereocenters. The molecule has 2 aromatic rings. The molecule has 0 aliphatic rings. The third-order valence-corrected chi connectivity index (χ3v) is 3.83. The summed E-state index contributed by atoms with van der Waals surface area (Å²) < 4.78 is 13.7. The van der Waals surface area contributed by atoms with Crippen molar-refractivity contribution < 1.29 is 9.18 Å². The number of hydrogen-bond donors (Lipinski definition) is 2. The second-order valence-electron chi connectivity index (χ2n) is 4.36. The van der Waals surface area contributed by atoms with E-state index in [0.717, 1.165) is 11.3 Å². The van der Waals surface area contributed by atoms with Gasteiger partial charge in [0, 0.05) is 21.9 Å². The van der Waals surface area contributed by atoms with Crippen molar-refractivity contribution in [3.8, 4) is 0 Å². The van der Waals surface area contributed by atoms with Crippen molar-refractivity contribution in [2.45, 2.75) is 6.92 Å². The van der Waals surface area contributed by atoms with Gasteiger partial charge in [-0.1, -0.05) is 0 Å². The Morgan fingerprint density at radius 1 is 1.20 bits per heavy atom. The summed E-state index contributed by atoms with van der Waals surface area (Å²) in [7, 11) is 1.83. The summed E-state index contributed by atoms with van der Waals surface area (Å²) >= 11 is 1.99. The summed E-state index contributed by atoms with van der Waals surface area (Å²) in [5, 5.41) is 5.82. The number of anilines is 2. The first kappa shape index (κ1) is 14.8. The van der Waals surface area contributed by atoms with Crippen molar-refractivity contribution >= 4 is 39.9 Å². The van der Waals surface area contributed by atoms with Crippen molar-refractivity contribution in [2.24, 2.45) is 0 Å². The van der Waals surface area contributed by atoms with Crippen LogP contribution in [0, 0.1) is 16.3 Å². The molecule has 20 heavy (non-hydrogen) atoms. The Morgan fingerprint density at radius 3 is 2.55 bits per heavy atom. The number of rotatable bonds is 3. The Kier molecular flexibility index (Phi) is 4.59. The van der Waals surface area contributed by atoms with Gasteiger partial charge in [-0.25, -0.2) is 4.39 Å². The van der Waals surface area contributed by atoms with Gasteiger partial charge >= 0.3 is 0 Å². The van der Waals surface area contributed by atoms with Crippen LogP contribution in [0.25, 0.3) is 0 Å². The molecule has 0 fully saturated rings. The summed E-state index contributed by atoms with van der Waals surface area (Å²) in [6, 6.07) is 9.79. The van der Waals surface area contributed by atoms with Crippen molar-refractivity contribution in [3.63, 3.8) is 0 Å². The number of benzene rings is 2. The first-order valence-corrected chi connectivity index (χ1v) is 7.14. The van der Waals surface area contributed by atoms with Crippen LogP contribution in [0.1, 0.15) is 15.9 Å². The minimum atomic E-state index is -0.318. The fourth-order valence-electron chi connectivity index (χ4n) is 1.85. The first-order chi connectivity index (χ1) is 9.51. The molecule has 5 heteroatoms. The molecule has 0 saturated carbocycles. The lowest BCUT2D eigenvalue weighted by atomic mass is 10.1. The Morgan fingerprint density at radius 2 is 1.95 bits per heavy atom. The first-order valence-electron chi connectivity index (χ1n) is 6.06. The van der Waals surface area contributed by atoms with E-state index < -0.39 is 0 Å². The quantitative estimate of drug-likeness (QED) is 0.785. The van der Waals surface area contributed by atoms with Gasteiger partial charge in [0.05, 0.1) is 5.69 Å². The van der Waals surface area contributed by atoms with E-state index in [0.29, 0.717) is 14.8 Å². The Bertz CT molecular complexity index is 658. The van der Waals surface area contributed by atoms with E-state index in [4.69, 9.17) is 0 Å². The van der Waals surface area contributed by atoms with Crippen molar-refractivity contribution in [2.75, 3.05) is 17.7 Å². The molecule has 0 aromatic heterocycles. The smallest absolute Gasteiger partial charge is 0.255 e. The van der Waals surface area contributed by atoms with Crippen LogP contribution < -0.4 is 10.6 Å². The molecule has 0 aliphatic heterocycles. The monoisotopic (exact) mass is 384 g/mol. The average Bonchev–Trinajstić information content (AvgIpc) is 2.41. The standard InChI is InChI=1S/C15H14FIN2O/c1-9-7-11(18-2)4-5-12(9)15(20)19-14-6-3-10(16)8-13(14)17/h3-8,18H,1-2H3,(H,19,20). The van der Waals surface area contributed by atoms with Gasteiger partial charge in [-0.05, 0) is 71.5 Å². The third kappa shape index (κ3) is 3.27. The van der Waals surface area contributed by atoms with E-state index in [1.54, 1.807) is 12.1 Å². The molecular formula is C15H14FIN2O. The SMILES string of the molecule is CNc1ccc(C(=O)Nc2ccc(F)cc2I)c(C)c1. The Balaban J connectivity index is 2.24. The molecule has 2 N–H and O–H groups in total. The van der Waals surface area contributed by atoms with E-state index in [9.17, 15) is 9.18 Å². The molecule has 0 saturated heterocycles. The van der Waals surface area contributed by atoms with Crippen LogP contribution in [-0.2, 0) is 0 Å². The second kappa shape index (κ2) is 6.21. The number of carbonyl (C=O) groups is 1. The zero-order valence-corrected chi connectivity index (χ0v) is 13.3. The maximum atomic E-state index is 13.0. The number of carbonyl (C=O) groups excluding carboxylic acids is 1. The highest BCUT2D eigenvalue weighted by atomic mass is 127. The summed E-state index contributed by atoms with van der Waals surface area (Å²) in [6.07, 6.45) is 0. The van der Waals surface area contributed by atoms with E-state index in [2.05, 4.69) is 10.6 Å². The minimum Gasteiger partial charge on any atom is -0.388 e. The van der Waals surface area contributed by atoms with Crippen LogP contribution in [0.5, 0.6) is 0 Å². The average molecular weight is 384 g/mol. The van der Waals surface area contributed by atoms with Gasteiger partial charge < -0.3 is 10.6 Å². The topological polar surface area (TPSA) is 41.1 Å². The molecule has 0 aliphatic carbocycles. The highest BCUT2D eigenvalue weighted by Crippen LogP contribution is 2.21. The van der Waals surface area contributed by atoms with Crippen LogP contribution in [0.2, 0.25) is 0 Å². The molecule has 0 heterocycles. The van der Waals surface area contributed by atoms with Crippen molar-refractivity contribution in [1.82, 2.24) is 0 Å². The van der Waals surface area contributed by atoms with Gasteiger partial charge in [-0.3, -0.25) is 4.79 Å². The molecule has 0 spiro atoms. The molecule has 2 aromatic carbocycles. The van der Waals surface area contributed by atoms with Gasteiger partial charge in [-0.15, -0.1) is 0 Å².